The average Bonchev–Trinajstić information content (AvgIpc) is 2.25. The summed E-state index contributed by atoms with van der Waals surface area (Å²) in [5.41, 5.74) is 0.0377. The van der Waals surface area contributed by atoms with Crippen molar-refractivity contribution in [3.63, 3.8) is 0 Å². The number of aliphatic hydroxyl groups is 1. The first-order chi connectivity index (χ1) is 8.54. The van der Waals surface area contributed by atoms with Gasteiger partial charge in [-0.2, -0.15) is 0 Å². The fourth-order valence-corrected chi connectivity index (χ4v) is 5.64. The first kappa shape index (κ1) is 12.5. The third-order valence-corrected chi connectivity index (χ3v) is 5.68. The molecule has 102 valence electrons. The highest BCUT2D eigenvalue weighted by Crippen LogP contribution is 2.63. The number of hydrogen-bond acceptors (Lipinski definition) is 3. The molecule has 0 saturated heterocycles. The van der Waals surface area contributed by atoms with Gasteiger partial charge in [0.2, 0.25) is 0 Å². The van der Waals surface area contributed by atoms with E-state index in [0.29, 0.717) is 0 Å². The lowest BCUT2D eigenvalue weighted by molar-refractivity contribution is -0.170. The molecular formula is C15H24O3. The molecule has 3 heteroatoms. The zero-order chi connectivity index (χ0) is 12.9. The van der Waals surface area contributed by atoms with Crippen LogP contribution in [0, 0.1) is 29.1 Å². The number of aliphatic hydroxyl groups excluding tert-OH is 1. The van der Waals surface area contributed by atoms with Gasteiger partial charge in [0, 0.05) is 0 Å². The number of methoxy groups -OCH3 is 1. The van der Waals surface area contributed by atoms with E-state index in [0.717, 1.165) is 37.0 Å². The molecule has 0 aromatic carbocycles. The van der Waals surface area contributed by atoms with Gasteiger partial charge >= 0.3 is 5.97 Å². The molecule has 4 aliphatic rings. The summed E-state index contributed by atoms with van der Waals surface area (Å²) in [6.07, 6.45) is 6.86. The van der Waals surface area contributed by atoms with Crippen molar-refractivity contribution in [2.24, 2.45) is 29.1 Å². The Labute approximate surface area is 109 Å². The van der Waals surface area contributed by atoms with Crippen LogP contribution in [0.3, 0.4) is 0 Å². The third kappa shape index (κ3) is 1.78. The van der Waals surface area contributed by atoms with Crippen LogP contribution >= 0.6 is 0 Å². The van der Waals surface area contributed by atoms with E-state index in [1.807, 2.05) is 0 Å². The Balaban J connectivity index is 1.91. The Morgan fingerprint density at radius 1 is 1.17 bits per heavy atom. The molecule has 0 heterocycles. The monoisotopic (exact) mass is 252 g/mol. The van der Waals surface area contributed by atoms with Gasteiger partial charge in [-0.3, -0.25) is 4.79 Å². The first-order valence-corrected chi connectivity index (χ1v) is 7.30. The predicted octanol–water partition coefficient (Wildman–Crippen LogP) is 2.37. The molecule has 0 radical (unpaired) electrons. The van der Waals surface area contributed by atoms with Crippen LogP contribution in [0.4, 0.5) is 0 Å². The molecule has 3 nitrogen and oxygen atoms in total. The van der Waals surface area contributed by atoms with E-state index in [9.17, 15) is 9.90 Å². The maximum absolute atomic E-state index is 12.1. The molecule has 4 fully saturated rings. The number of hydrogen-bond donors (Lipinski definition) is 1. The van der Waals surface area contributed by atoms with Crippen LogP contribution in [0.15, 0.2) is 0 Å². The Morgan fingerprint density at radius 2 is 1.61 bits per heavy atom. The highest BCUT2D eigenvalue weighted by atomic mass is 16.5. The molecular weight excluding hydrogens is 228 g/mol. The lowest BCUT2D eigenvalue weighted by atomic mass is 9.46. The lowest BCUT2D eigenvalue weighted by Crippen LogP contribution is -2.54. The molecule has 4 rings (SSSR count). The van der Waals surface area contributed by atoms with Crippen molar-refractivity contribution < 1.29 is 14.6 Å². The number of rotatable bonds is 3. The zero-order valence-electron chi connectivity index (χ0n) is 11.4. The lowest BCUT2D eigenvalue weighted by Gasteiger charge is -2.59. The molecule has 0 spiro atoms. The highest BCUT2D eigenvalue weighted by Gasteiger charge is 2.57. The molecule has 4 saturated carbocycles. The topological polar surface area (TPSA) is 46.5 Å². The van der Waals surface area contributed by atoms with Gasteiger partial charge in [0.05, 0.1) is 19.1 Å². The number of ether oxygens (including phenoxy) is 1. The van der Waals surface area contributed by atoms with E-state index in [1.54, 1.807) is 6.92 Å². The maximum atomic E-state index is 12.1. The second-order valence-corrected chi connectivity index (χ2v) is 7.02. The van der Waals surface area contributed by atoms with Crippen molar-refractivity contribution in [1.82, 2.24) is 0 Å². The summed E-state index contributed by atoms with van der Waals surface area (Å²) >= 11 is 0. The van der Waals surface area contributed by atoms with Crippen molar-refractivity contribution in [2.75, 3.05) is 7.11 Å². The molecule has 4 aliphatic carbocycles. The van der Waals surface area contributed by atoms with E-state index >= 15 is 0 Å². The maximum Gasteiger partial charge on any atom is 0.311 e. The third-order valence-electron chi connectivity index (χ3n) is 5.68. The minimum absolute atomic E-state index is 0.0377. The first-order valence-electron chi connectivity index (χ1n) is 7.30. The molecule has 0 aromatic rings. The summed E-state index contributed by atoms with van der Waals surface area (Å²) in [7, 11) is 1.44. The van der Waals surface area contributed by atoms with Crippen LogP contribution in [0.1, 0.15) is 45.4 Å². The van der Waals surface area contributed by atoms with Crippen molar-refractivity contribution in [3.8, 4) is 0 Å². The van der Waals surface area contributed by atoms with E-state index in [2.05, 4.69) is 0 Å². The summed E-state index contributed by atoms with van der Waals surface area (Å²) in [5.74, 6) is 1.87. The Kier molecular flexibility index (Phi) is 2.92. The zero-order valence-corrected chi connectivity index (χ0v) is 11.4. The van der Waals surface area contributed by atoms with Crippen LogP contribution in [-0.2, 0) is 9.53 Å². The minimum Gasteiger partial charge on any atom is -0.469 e. The highest BCUT2D eigenvalue weighted by molar-refractivity contribution is 5.74. The van der Waals surface area contributed by atoms with Crippen molar-refractivity contribution in [3.05, 3.63) is 0 Å². The number of carbonyl (C=O) groups excluding carboxylic acids is 1. The van der Waals surface area contributed by atoms with Gasteiger partial charge in [0.25, 0.3) is 0 Å². The Bertz CT molecular complexity index is 312. The van der Waals surface area contributed by atoms with Gasteiger partial charge in [0.1, 0.15) is 0 Å². The second kappa shape index (κ2) is 4.22. The summed E-state index contributed by atoms with van der Waals surface area (Å²) < 4.78 is 4.96. The Morgan fingerprint density at radius 3 is 1.94 bits per heavy atom. The van der Waals surface area contributed by atoms with Crippen molar-refractivity contribution in [2.45, 2.75) is 51.6 Å². The van der Waals surface area contributed by atoms with Crippen LogP contribution in [0.25, 0.3) is 0 Å². The average molecular weight is 252 g/mol. The van der Waals surface area contributed by atoms with Gasteiger partial charge < -0.3 is 9.84 Å². The molecule has 4 bridgehead atoms. The van der Waals surface area contributed by atoms with Crippen LogP contribution < -0.4 is 0 Å². The largest absolute Gasteiger partial charge is 0.469 e. The van der Waals surface area contributed by atoms with E-state index in [1.165, 1.54) is 26.4 Å². The van der Waals surface area contributed by atoms with Gasteiger partial charge in [0.15, 0.2) is 0 Å². The second-order valence-electron chi connectivity index (χ2n) is 7.02. The van der Waals surface area contributed by atoms with Gasteiger partial charge in [-0.1, -0.05) is 0 Å². The smallest absolute Gasteiger partial charge is 0.311 e. The molecule has 1 N–H and O–H groups in total. The fourth-order valence-electron chi connectivity index (χ4n) is 5.64. The summed E-state index contributed by atoms with van der Waals surface area (Å²) in [6, 6.07) is 0. The van der Waals surface area contributed by atoms with Gasteiger partial charge in [-0.15, -0.1) is 0 Å². The summed E-state index contributed by atoms with van der Waals surface area (Å²) in [5, 5.41) is 10.1. The minimum atomic E-state index is -0.589. The summed E-state index contributed by atoms with van der Waals surface area (Å²) in [6.45, 7) is 1.75. The normalized spacial score (nSPS) is 44.7. The van der Waals surface area contributed by atoms with Crippen LogP contribution in [-0.4, -0.2) is 24.3 Å². The van der Waals surface area contributed by atoms with Crippen molar-refractivity contribution >= 4 is 5.97 Å². The van der Waals surface area contributed by atoms with Crippen LogP contribution in [0.2, 0.25) is 0 Å². The number of esters is 1. The number of carbonyl (C=O) groups is 1. The molecule has 18 heavy (non-hydrogen) atoms. The van der Waals surface area contributed by atoms with E-state index < -0.39 is 6.10 Å². The fraction of sp³-hybridized carbons (Fsp3) is 0.933. The quantitative estimate of drug-likeness (QED) is 0.784. The summed E-state index contributed by atoms with van der Waals surface area (Å²) in [4.78, 5) is 12.1. The molecule has 0 aliphatic heterocycles. The molecule has 0 aromatic heterocycles. The standard InChI is InChI=1S/C15H24O3/c1-9(16)13(14(17)18-2)15-6-10-3-11(7-15)5-12(4-10)8-15/h9-13,16H,3-8H2,1-2H3/t9-,10?,11?,12?,13+,15?/m1/s1. The van der Waals surface area contributed by atoms with E-state index in [4.69, 9.17) is 4.74 Å². The van der Waals surface area contributed by atoms with E-state index in [-0.39, 0.29) is 17.3 Å². The van der Waals surface area contributed by atoms with Crippen LogP contribution in [0.5, 0.6) is 0 Å². The SMILES string of the molecule is COC(=O)[C@H]([C@@H](C)O)C12CC3CC(CC(C3)C1)C2. The van der Waals surface area contributed by atoms with Crippen molar-refractivity contribution in [1.29, 1.82) is 0 Å². The molecule has 2 atom stereocenters. The molecule has 0 amide bonds. The van der Waals surface area contributed by atoms with Gasteiger partial charge in [-0.25, -0.2) is 0 Å². The predicted molar refractivity (Wildman–Crippen MR) is 67.8 cm³/mol. The molecule has 0 unspecified atom stereocenters. The van der Waals surface area contributed by atoms with Gasteiger partial charge in [-0.05, 0) is 68.6 Å². The Hall–Kier alpha value is -0.570.